The number of piperazine rings is 1. The fraction of sp³-hybridized carbons (Fsp3) is 0.947. The van der Waals surface area contributed by atoms with Gasteiger partial charge < -0.3 is 4.90 Å². The van der Waals surface area contributed by atoms with E-state index >= 15 is 0 Å². The summed E-state index contributed by atoms with van der Waals surface area (Å²) in [7, 11) is 2.29. The lowest BCUT2D eigenvalue weighted by Crippen LogP contribution is -2.48. The van der Waals surface area contributed by atoms with Crippen LogP contribution in [0, 0.1) is 10.8 Å². The fourth-order valence-electron chi connectivity index (χ4n) is 3.60. The summed E-state index contributed by atoms with van der Waals surface area (Å²) in [6.45, 7) is 23.1. The lowest BCUT2D eigenvalue weighted by atomic mass is 9.64. The van der Waals surface area contributed by atoms with Crippen LogP contribution in [0.15, 0.2) is 0 Å². The highest BCUT2D eigenvalue weighted by molar-refractivity contribution is 6.36. The van der Waals surface area contributed by atoms with Crippen molar-refractivity contribution >= 4 is 13.7 Å². The minimum Gasteiger partial charge on any atom is -0.343 e. The Balaban J connectivity index is 0.000000688. The minimum atomic E-state index is 0.349. The van der Waals surface area contributed by atoms with Gasteiger partial charge in [0.1, 0.15) is 7.28 Å². The van der Waals surface area contributed by atoms with Crippen molar-refractivity contribution in [1.82, 2.24) is 9.80 Å². The largest absolute Gasteiger partial charge is 0.343 e. The Labute approximate surface area is 146 Å². The molecule has 1 rings (SSSR count). The van der Waals surface area contributed by atoms with Crippen molar-refractivity contribution in [3.63, 3.8) is 0 Å². The molecule has 1 heterocycles. The molecule has 0 atom stereocenters. The summed E-state index contributed by atoms with van der Waals surface area (Å²) in [4.78, 5) is 15.0. The monoisotopic (exact) mass is 323 g/mol. The lowest BCUT2D eigenvalue weighted by molar-refractivity contribution is -0.119. The van der Waals surface area contributed by atoms with E-state index in [1.165, 1.54) is 12.7 Å². The quantitative estimate of drug-likeness (QED) is 0.541. The van der Waals surface area contributed by atoms with Crippen LogP contribution in [0.3, 0.4) is 0 Å². The summed E-state index contributed by atoms with van der Waals surface area (Å²) < 4.78 is 0. The molecular weight excluding hydrogens is 283 g/mol. The van der Waals surface area contributed by atoms with Gasteiger partial charge in [-0.05, 0) is 17.3 Å². The average Bonchev–Trinajstić information content (AvgIpc) is 2.36. The van der Waals surface area contributed by atoms with Crippen LogP contribution in [0.1, 0.15) is 61.8 Å². The molecule has 1 fully saturated rings. The molecule has 0 spiro atoms. The summed E-state index contributed by atoms with van der Waals surface area (Å²) >= 11 is 0. The van der Waals surface area contributed by atoms with Gasteiger partial charge in [0.05, 0.1) is 0 Å². The van der Waals surface area contributed by atoms with Gasteiger partial charge in [-0.15, -0.1) is 0 Å². The maximum atomic E-state index is 10.6. The van der Waals surface area contributed by atoms with Gasteiger partial charge in [0.2, 0.25) is 6.41 Å². The van der Waals surface area contributed by atoms with Crippen molar-refractivity contribution in [1.29, 1.82) is 0 Å². The number of carbonyl (C=O) groups is 1. The third-order valence-corrected chi connectivity index (χ3v) is 3.92. The molecular formula is C19H40BN2O. The summed E-state index contributed by atoms with van der Waals surface area (Å²) in [5.41, 5.74) is 0.732. The summed E-state index contributed by atoms with van der Waals surface area (Å²) in [6.07, 6.45) is 3.41. The molecule has 1 amide bonds. The summed E-state index contributed by atoms with van der Waals surface area (Å²) in [5.74, 6) is 0.773. The van der Waals surface area contributed by atoms with Crippen molar-refractivity contribution in [2.75, 3.05) is 32.7 Å². The average molecular weight is 323 g/mol. The van der Waals surface area contributed by atoms with Crippen LogP contribution in [0.5, 0.6) is 0 Å². The molecule has 0 unspecified atom stereocenters. The van der Waals surface area contributed by atoms with E-state index in [0.29, 0.717) is 10.8 Å². The third kappa shape index (κ3) is 12.6. The van der Waals surface area contributed by atoms with Gasteiger partial charge in [0.15, 0.2) is 0 Å². The van der Waals surface area contributed by atoms with Crippen LogP contribution in [-0.4, -0.2) is 56.2 Å². The van der Waals surface area contributed by atoms with Crippen molar-refractivity contribution in [3.05, 3.63) is 0 Å². The van der Waals surface area contributed by atoms with Crippen molar-refractivity contribution < 1.29 is 4.79 Å². The topological polar surface area (TPSA) is 23.6 Å². The molecule has 0 N–H and O–H groups in total. The molecule has 0 aromatic carbocycles. The summed E-state index contributed by atoms with van der Waals surface area (Å²) in [5, 5.41) is 0. The first kappa shape index (κ1) is 22.5. The zero-order valence-electron chi connectivity index (χ0n) is 17.0. The lowest BCUT2D eigenvalue weighted by Gasteiger charge is -2.40. The molecule has 1 aliphatic rings. The molecule has 23 heavy (non-hydrogen) atoms. The highest BCUT2D eigenvalue weighted by atomic mass is 16.1. The molecule has 0 bridgehead atoms. The van der Waals surface area contributed by atoms with E-state index in [9.17, 15) is 4.79 Å². The maximum absolute atomic E-state index is 10.6. The van der Waals surface area contributed by atoms with Crippen LogP contribution in [-0.2, 0) is 4.79 Å². The molecule has 0 aliphatic carbocycles. The van der Waals surface area contributed by atoms with Crippen LogP contribution < -0.4 is 0 Å². The molecule has 135 valence electrons. The Morgan fingerprint density at radius 1 is 1.04 bits per heavy atom. The second-order valence-corrected chi connectivity index (χ2v) is 9.21. The number of hydrogen-bond acceptors (Lipinski definition) is 2. The van der Waals surface area contributed by atoms with Gasteiger partial charge in [-0.2, -0.15) is 0 Å². The second-order valence-electron chi connectivity index (χ2n) is 9.21. The van der Waals surface area contributed by atoms with E-state index in [1.54, 1.807) is 0 Å². The standard InChI is InChI=1S/C14H28N2O.C5H12B/c1-13(2,3)10-14(4,5)11-15-6-8-16(12-17)9-7-15;1-4-6-5(2)3/h12H,6-11H2,1-5H3;5H,4H2,1-3H3. The molecule has 1 radical (unpaired) electrons. The first-order chi connectivity index (χ1) is 10.5. The van der Waals surface area contributed by atoms with Crippen LogP contribution >= 0.6 is 0 Å². The van der Waals surface area contributed by atoms with Gasteiger partial charge in [-0.25, -0.2) is 0 Å². The van der Waals surface area contributed by atoms with E-state index in [2.05, 4.69) is 67.6 Å². The maximum Gasteiger partial charge on any atom is 0.209 e. The van der Waals surface area contributed by atoms with Crippen LogP contribution in [0.4, 0.5) is 0 Å². The minimum absolute atomic E-state index is 0.349. The Bertz CT molecular complexity index is 316. The fourth-order valence-corrected chi connectivity index (χ4v) is 3.60. The number of carbonyl (C=O) groups excluding carboxylic acids is 1. The van der Waals surface area contributed by atoms with Gasteiger partial charge in [-0.3, -0.25) is 9.69 Å². The smallest absolute Gasteiger partial charge is 0.209 e. The van der Waals surface area contributed by atoms with Gasteiger partial charge in [-0.1, -0.05) is 67.5 Å². The Morgan fingerprint density at radius 3 is 1.87 bits per heavy atom. The molecule has 1 saturated heterocycles. The highest BCUT2D eigenvalue weighted by Crippen LogP contribution is 2.33. The Morgan fingerprint density at radius 2 is 1.57 bits per heavy atom. The predicted molar refractivity (Wildman–Crippen MR) is 103 cm³/mol. The number of rotatable bonds is 6. The number of nitrogens with zero attached hydrogens (tertiary/aromatic N) is 2. The highest BCUT2D eigenvalue weighted by Gasteiger charge is 2.28. The van der Waals surface area contributed by atoms with E-state index in [-0.39, 0.29) is 0 Å². The number of amides is 1. The zero-order chi connectivity index (χ0) is 18.1. The van der Waals surface area contributed by atoms with Crippen molar-refractivity contribution in [2.24, 2.45) is 10.8 Å². The molecule has 4 heteroatoms. The zero-order valence-corrected chi connectivity index (χ0v) is 17.0. The third-order valence-electron chi connectivity index (χ3n) is 3.92. The van der Waals surface area contributed by atoms with Crippen LogP contribution in [0.2, 0.25) is 12.1 Å². The van der Waals surface area contributed by atoms with Gasteiger partial charge in [0.25, 0.3) is 0 Å². The van der Waals surface area contributed by atoms with Gasteiger partial charge >= 0.3 is 0 Å². The van der Waals surface area contributed by atoms with Crippen LogP contribution in [0.25, 0.3) is 0 Å². The SMILES string of the molecule is CC(C)(C)CC(C)(C)CN1CCN(C=O)CC1.CC[B]C(C)C. The molecule has 0 aromatic rings. The molecule has 0 aromatic heterocycles. The number of hydrogen-bond donors (Lipinski definition) is 0. The van der Waals surface area contributed by atoms with Crippen molar-refractivity contribution in [2.45, 2.75) is 73.9 Å². The van der Waals surface area contributed by atoms with Crippen molar-refractivity contribution in [3.8, 4) is 0 Å². The first-order valence-corrected chi connectivity index (χ1v) is 9.24. The second kappa shape index (κ2) is 10.4. The normalized spacial score (nSPS) is 16.8. The molecule has 0 saturated carbocycles. The summed E-state index contributed by atoms with van der Waals surface area (Å²) in [6, 6.07) is 0. The van der Waals surface area contributed by atoms with Gasteiger partial charge in [0, 0.05) is 32.7 Å². The Kier molecular flexibility index (Phi) is 10.2. The first-order valence-electron chi connectivity index (χ1n) is 9.24. The van der Waals surface area contributed by atoms with E-state index in [4.69, 9.17) is 0 Å². The predicted octanol–water partition coefficient (Wildman–Crippen LogP) is 4.18. The molecule has 3 nitrogen and oxygen atoms in total. The Hall–Kier alpha value is -0.505. The van der Waals surface area contributed by atoms with E-state index < -0.39 is 0 Å². The van der Waals surface area contributed by atoms with E-state index in [0.717, 1.165) is 45.0 Å². The molecule has 1 aliphatic heterocycles. The van der Waals surface area contributed by atoms with E-state index in [1.807, 2.05) is 4.90 Å².